The summed E-state index contributed by atoms with van der Waals surface area (Å²) in [4.78, 5) is 12.6. The highest BCUT2D eigenvalue weighted by Gasteiger charge is 2.02. The molecule has 1 aromatic rings. The van der Waals surface area contributed by atoms with E-state index in [0.29, 0.717) is 23.9 Å². The van der Waals surface area contributed by atoms with E-state index in [9.17, 15) is 4.79 Å². The molecular formula is C13H19ClN2O2S. The number of methoxy groups -OCH3 is 1. The molecular weight excluding hydrogens is 284 g/mol. The van der Waals surface area contributed by atoms with Crippen LogP contribution in [0.2, 0.25) is 5.02 Å². The van der Waals surface area contributed by atoms with Gasteiger partial charge in [0.25, 0.3) is 0 Å². The standard InChI is InChI=1S/C13H19ClN2O2S/c1-18-9-8-15-6-7-16-13(17)10-19-12-4-2-11(14)3-5-12/h2-5,15H,6-10H2,1H3,(H,16,17). The predicted octanol–water partition coefficient (Wildman–Crippen LogP) is 1.78. The van der Waals surface area contributed by atoms with Crippen molar-refractivity contribution >= 4 is 29.3 Å². The number of carbonyl (C=O) groups excluding carboxylic acids is 1. The zero-order chi connectivity index (χ0) is 13.9. The van der Waals surface area contributed by atoms with Gasteiger partial charge >= 0.3 is 0 Å². The quantitative estimate of drug-likeness (QED) is 0.539. The summed E-state index contributed by atoms with van der Waals surface area (Å²) in [5.41, 5.74) is 0. The lowest BCUT2D eigenvalue weighted by molar-refractivity contribution is -0.118. The van der Waals surface area contributed by atoms with Gasteiger partial charge in [0.15, 0.2) is 0 Å². The number of rotatable bonds is 9. The van der Waals surface area contributed by atoms with Crippen molar-refractivity contribution < 1.29 is 9.53 Å². The van der Waals surface area contributed by atoms with E-state index in [1.807, 2.05) is 24.3 Å². The molecule has 1 rings (SSSR count). The van der Waals surface area contributed by atoms with Gasteiger partial charge < -0.3 is 15.4 Å². The van der Waals surface area contributed by atoms with Crippen molar-refractivity contribution in [1.29, 1.82) is 0 Å². The molecule has 0 aliphatic heterocycles. The smallest absolute Gasteiger partial charge is 0.230 e. The third kappa shape index (κ3) is 8.10. The topological polar surface area (TPSA) is 50.4 Å². The fraction of sp³-hybridized carbons (Fsp3) is 0.462. The van der Waals surface area contributed by atoms with Crippen LogP contribution in [0.5, 0.6) is 0 Å². The van der Waals surface area contributed by atoms with Crippen LogP contribution < -0.4 is 10.6 Å². The number of halogens is 1. The van der Waals surface area contributed by atoms with Gasteiger partial charge in [0.1, 0.15) is 0 Å². The maximum Gasteiger partial charge on any atom is 0.230 e. The lowest BCUT2D eigenvalue weighted by Gasteiger charge is -2.06. The molecule has 1 aromatic carbocycles. The van der Waals surface area contributed by atoms with E-state index in [1.165, 1.54) is 11.8 Å². The van der Waals surface area contributed by atoms with Crippen LogP contribution in [0.1, 0.15) is 0 Å². The van der Waals surface area contributed by atoms with E-state index >= 15 is 0 Å². The Bertz CT molecular complexity index is 373. The summed E-state index contributed by atoms with van der Waals surface area (Å²) in [5, 5.41) is 6.72. The number of ether oxygens (including phenoxy) is 1. The molecule has 0 aliphatic rings. The zero-order valence-electron chi connectivity index (χ0n) is 10.9. The van der Waals surface area contributed by atoms with Gasteiger partial charge in [-0.1, -0.05) is 11.6 Å². The maximum atomic E-state index is 11.6. The summed E-state index contributed by atoms with van der Waals surface area (Å²) in [6.45, 7) is 2.86. The van der Waals surface area contributed by atoms with E-state index in [1.54, 1.807) is 7.11 Å². The molecule has 0 fully saturated rings. The number of carbonyl (C=O) groups is 1. The monoisotopic (exact) mass is 302 g/mol. The van der Waals surface area contributed by atoms with E-state index in [0.717, 1.165) is 18.0 Å². The van der Waals surface area contributed by atoms with Crippen molar-refractivity contribution in [3.63, 3.8) is 0 Å². The van der Waals surface area contributed by atoms with Crippen molar-refractivity contribution in [2.24, 2.45) is 0 Å². The number of benzene rings is 1. The van der Waals surface area contributed by atoms with Crippen molar-refractivity contribution in [3.8, 4) is 0 Å². The molecule has 4 nitrogen and oxygen atoms in total. The molecule has 0 unspecified atom stereocenters. The number of amides is 1. The van der Waals surface area contributed by atoms with Gasteiger partial charge in [-0.15, -0.1) is 11.8 Å². The zero-order valence-corrected chi connectivity index (χ0v) is 12.5. The Labute approximate surface area is 123 Å². The van der Waals surface area contributed by atoms with E-state index in [2.05, 4.69) is 10.6 Å². The van der Waals surface area contributed by atoms with Crippen molar-refractivity contribution in [2.75, 3.05) is 39.1 Å². The minimum atomic E-state index is 0.0356. The van der Waals surface area contributed by atoms with Crippen molar-refractivity contribution in [3.05, 3.63) is 29.3 Å². The van der Waals surface area contributed by atoms with Crippen LogP contribution in [0.25, 0.3) is 0 Å². The Morgan fingerprint density at radius 3 is 2.68 bits per heavy atom. The second-order valence-electron chi connectivity index (χ2n) is 3.84. The van der Waals surface area contributed by atoms with Crippen LogP contribution in [0.15, 0.2) is 29.2 Å². The predicted molar refractivity (Wildman–Crippen MR) is 79.9 cm³/mol. The molecule has 0 saturated heterocycles. The van der Waals surface area contributed by atoms with Crippen LogP contribution in [0.4, 0.5) is 0 Å². The van der Waals surface area contributed by atoms with E-state index < -0.39 is 0 Å². The van der Waals surface area contributed by atoms with Gasteiger partial charge in [0.2, 0.25) is 5.91 Å². The first-order valence-corrected chi connectivity index (χ1v) is 7.43. The SMILES string of the molecule is COCCNCCNC(=O)CSc1ccc(Cl)cc1. The molecule has 106 valence electrons. The third-order valence-electron chi connectivity index (χ3n) is 2.29. The van der Waals surface area contributed by atoms with Gasteiger partial charge in [0, 0.05) is 36.7 Å². The molecule has 1 amide bonds. The van der Waals surface area contributed by atoms with Crippen LogP contribution in [0.3, 0.4) is 0 Å². The summed E-state index contributed by atoms with van der Waals surface area (Å²) >= 11 is 7.29. The molecule has 0 heterocycles. The van der Waals surface area contributed by atoms with Crippen LogP contribution >= 0.6 is 23.4 Å². The molecule has 0 bridgehead atoms. The fourth-order valence-corrected chi connectivity index (χ4v) is 2.17. The van der Waals surface area contributed by atoms with Crippen LogP contribution in [-0.2, 0) is 9.53 Å². The minimum absolute atomic E-state index is 0.0356. The van der Waals surface area contributed by atoms with Crippen LogP contribution in [0, 0.1) is 0 Å². The Morgan fingerprint density at radius 1 is 1.26 bits per heavy atom. The molecule has 0 aliphatic carbocycles. The van der Waals surface area contributed by atoms with E-state index in [-0.39, 0.29) is 5.91 Å². The summed E-state index contributed by atoms with van der Waals surface area (Å²) in [6.07, 6.45) is 0. The number of hydrogen-bond donors (Lipinski definition) is 2. The number of nitrogens with one attached hydrogen (secondary N) is 2. The molecule has 0 saturated carbocycles. The largest absolute Gasteiger partial charge is 0.383 e. The number of thioether (sulfide) groups is 1. The molecule has 0 aromatic heterocycles. The molecule has 2 N–H and O–H groups in total. The maximum absolute atomic E-state index is 11.6. The minimum Gasteiger partial charge on any atom is -0.383 e. The third-order valence-corrected chi connectivity index (χ3v) is 3.55. The Balaban J connectivity index is 2.06. The molecule has 6 heteroatoms. The highest BCUT2D eigenvalue weighted by atomic mass is 35.5. The summed E-state index contributed by atoms with van der Waals surface area (Å²) < 4.78 is 4.90. The fourth-order valence-electron chi connectivity index (χ4n) is 1.32. The van der Waals surface area contributed by atoms with Gasteiger partial charge in [0.05, 0.1) is 12.4 Å². The van der Waals surface area contributed by atoms with Gasteiger partial charge in [-0.2, -0.15) is 0 Å². The summed E-state index contributed by atoms with van der Waals surface area (Å²) in [7, 11) is 1.66. The van der Waals surface area contributed by atoms with Crippen molar-refractivity contribution in [1.82, 2.24) is 10.6 Å². The first-order chi connectivity index (χ1) is 9.22. The molecule has 19 heavy (non-hydrogen) atoms. The lowest BCUT2D eigenvalue weighted by Crippen LogP contribution is -2.33. The molecule has 0 radical (unpaired) electrons. The molecule has 0 atom stereocenters. The van der Waals surface area contributed by atoms with Crippen LogP contribution in [-0.4, -0.2) is 45.0 Å². The average Bonchev–Trinajstić information content (AvgIpc) is 2.42. The van der Waals surface area contributed by atoms with Crippen molar-refractivity contribution in [2.45, 2.75) is 4.90 Å². The second kappa shape index (κ2) is 10.1. The summed E-state index contributed by atoms with van der Waals surface area (Å²) in [5.74, 6) is 0.452. The Kier molecular flexibility index (Phi) is 8.66. The molecule has 0 spiro atoms. The first-order valence-electron chi connectivity index (χ1n) is 6.07. The lowest BCUT2D eigenvalue weighted by atomic mass is 10.4. The Hall–Kier alpha value is -0.750. The average molecular weight is 303 g/mol. The van der Waals surface area contributed by atoms with E-state index in [4.69, 9.17) is 16.3 Å². The second-order valence-corrected chi connectivity index (χ2v) is 5.32. The van der Waals surface area contributed by atoms with Gasteiger partial charge in [-0.25, -0.2) is 0 Å². The Morgan fingerprint density at radius 2 is 2.00 bits per heavy atom. The highest BCUT2D eigenvalue weighted by Crippen LogP contribution is 2.19. The van der Waals surface area contributed by atoms with Gasteiger partial charge in [-0.3, -0.25) is 4.79 Å². The highest BCUT2D eigenvalue weighted by molar-refractivity contribution is 8.00. The summed E-state index contributed by atoms with van der Waals surface area (Å²) in [6, 6.07) is 7.46. The van der Waals surface area contributed by atoms with Gasteiger partial charge in [-0.05, 0) is 24.3 Å². The number of hydrogen-bond acceptors (Lipinski definition) is 4. The normalized spacial score (nSPS) is 10.4. The first kappa shape index (κ1) is 16.3.